The Balaban J connectivity index is 1.17. The van der Waals surface area contributed by atoms with Crippen molar-refractivity contribution in [3.05, 3.63) is 59.1 Å². The molecule has 2 aromatic carbocycles. The Kier molecular flexibility index (Phi) is 13.4. The van der Waals surface area contributed by atoms with Gasteiger partial charge in [-0.2, -0.15) is 4.31 Å². The number of fused-ring (bicyclic) bond motifs is 2. The van der Waals surface area contributed by atoms with Crippen LogP contribution in [0.3, 0.4) is 0 Å². The smallest absolute Gasteiger partial charge is 0.306 e. The van der Waals surface area contributed by atoms with Gasteiger partial charge in [-0.05, 0) is 54.5 Å². The highest BCUT2D eigenvalue weighted by Crippen LogP contribution is 2.35. The first-order chi connectivity index (χ1) is 25.0. The quantitative estimate of drug-likeness (QED) is 0.155. The van der Waals surface area contributed by atoms with Crippen molar-refractivity contribution in [3.63, 3.8) is 0 Å². The minimum atomic E-state index is -3.98. The second kappa shape index (κ2) is 17.8. The lowest BCUT2D eigenvalue weighted by molar-refractivity contribution is -0.153. The van der Waals surface area contributed by atoms with E-state index >= 15 is 0 Å². The number of rotatable bonds is 17. The molecular weight excluding hydrogens is 699 g/mol. The van der Waals surface area contributed by atoms with Crippen LogP contribution in [-0.4, -0.2) is 86.2 Å². The zero-order chi connectivity index (χ0) is 36.8. The number of hydrogen-bond acceptors (Lipinski definition) is 10. The maximum absolute atomic E-state index is 14.3. The molecule has 1 aromatic heterocycles. The van der Waals surface area contributed by atoms with Crippen LogP contribution in [0, 0.1) is 29.6 Å². The first kappa shape index (κ1) is 39.2. The molecule has 10 nitrogen and oxygen atoms in total. The molecule has 6 rings (SSSR count). The van der Waals surface area contributed by atoms with Gasteiger partial charge in [0.25, 0.3) is 0 Å². The molecule has 12 heteroatoms. The van der Waals surface area contributed by atoms with Gasteiger partial charge in [0.2, 0.25) is 10.0 Å². The van der Waals surface area contributed by atoms with Gasteiger partial charge >= 0.3 is 5.97 Å². The van der Waals surface area contributed by atoms with E-state index in [2.05, 4.69) is 19.2 Å². The topological polar surface area (TPSA) is 127 Å². The van der Waals surface area contributed by atoms with E-state index in [1.54, 1.807) is 29.5 Å². The van der Waals surface area contributed by atoms with Crippen molar-refractivity contribution in [1.82, 2.24) is 14.6 Å². The summed E-state index contributed by atoms with van der Waals surface area (Å²) in [5.74, 6) is -0.0341. The van der Waals surface area contributed by atoms with Crippen LogP contribution in [0.5, 0.6) is 0 Å². The van der Waals surface area contributed by atoms with E-state index in [1.165, 1.54) is 36.4 Å². The average molecular weight is 756 g/mol. The van der Waals surface area contributed by atoms with Gasteiger partial charge in [0.05, 0.1) is 51.8 Å². The molecule has 0 spiro atoms. The standard InChI is InChI=1S/C40H57N3O7S2/c1-26(2)21-41-33-24-48-40-39(33)35(25-49-40)50-38(45)19-30(17-28-11-7-5-8-12-28)34(44)23-43(22-27(3)4)52(46,47)31-15-16-32-36(20-31)51-37(42-32)18-29-13-9-6-10-14-29/h5,7-8,11-12,15-16,20,26-27,29-30,33-35,39-41,44H,6,9-10,13-14,17-19,21-25H2,1-4H3/t30-,33+,34-,35+,39+,40-/m1/s1. The summed E-state index contributed by atoms with van der Waals surface area (Å²) >= 11 is 1.58. The van der Waals surface area contributed by atoms with Gasteiger partial charge in [0.1, 0.15) is 6.10 Å². The molecule has 6 atom stereocenters. The molecule has 3 heterocycles. The number of carbonyl (C=O) groups is 1. The number of hydrogen-bond donors (Lipinski definition) is 2. The van der Waals surface area contributed by atoms with Gasteiger partial charge in [0, 0.05) is 31.5 Å². The molecule has 2 N–H and O–H groups in total. The normalized spacial score (nSPS) is 23.8. The number of nitrogens with one attached hydrogen (secondary N) is 1. The third-order valence-corrected chi connectivity index (χ3v) is 13.5. The number of nitrogens with zero attached hydrogens (tertiary/aromatic N) is 2. The molecule has 52 heavy (non-hydrogen) atoms. The van der Waals surface area contributed by atoms with Crippen molar-refractivity contribution in [2.24, 2.45) is 29.6 Å². The Morgan fingerprint density at radius 3 is 2.50 bits per heavy atom. The average Bonchev–Trinajstić information content (AvgIpc) is 3.83. The molecule has 0 unspecified atom stereocenters. The van der Waals surface area contributed by atoms with Crippen molar-refractivity contribution in [1.29, 1.82) is 0 Å². The third kappa shape index (κ3) is 9.99. The molecule has 3 aliphatic rings. The lowest BCUT2D eigenvalue weighted by Crippen LogP contribution is -2.44. The largest absolute Gasteiger partial charge is 0.459 e. The summed E-state index contributed by atoms with van der Waals surface area (Å²) in [5, 5.41) is 16.4. The number of benzene rings is 2. The van der Waals surface area contributed by atoms with E-state index in [0.29, 0.717) is 24.9 Å². The van der Waals surface area contributed by atoms with E-state index in [0.717, 1.165) is 33.8 Å². The highest BCUT2D eigenvalue weighted by molar-refractivity contribution is 7.89. The zero-order valence-electron chi connectivity index (χ0n) is 31.1. The minimum Gasteiger partial charge on any atom is -0.459 e. The second-order valence-corrected chi connectivity index (χ2v) is 19.0. The number of ether oxygens (including phenoxy) is 3. The van der Waals surface area contributed by atoms with E-state index in [-0.39, 0.29) is 48.9 Å². The van der Waals surface area contributed by atoms with Crippen molar-refractivity contribution in [2.45, 2.75) is 108 Å². The molecule has 1 aliphatic carbocycles. The maximum atomic E-state index is 14.3. The highest BCUT2D eigenvalue weighted by atomic mass is 32.2. The molecule has 1 saturated carbocycles. The molecule has 2 saturated heterocycles. The van der Waals surface area contributed by atoms with Crippen LogP contribution in [-0.2, 0) is 41.9 Å². The third-order valence-electron chi connectivity index (χ3n) is 10.6. The lowest BCUT2D eigenvalue weighted by Gasteiger charge is -2.30. The van der Waals surface area contributed by atoms with E-state index in [9.17, 15) is 18.3 Å². The Labute approximate surface area is 313 Å². The SMILES string of the molecule is CC(C)CN[C@H]1CO[C@@H]2OC[C@H](OC(=O)C[C@@H](Cc3ccccc3)[C@H](O)CN(CC(C)C)S(=O)(=O)c3ccc4nc(CC5CCCCC5)sc4c3)[C@@H]21. The highest BCUT2D eigenvalue weighted by Gasteiger charge is 2.50. The van der Waals surface area contributed by atoms with Crippen LogP contribution in [0.1, 0.15) is 76.8 Å². The summed E-state index contributed by atoms with van der Waals surface area (Å²) in [5.41, 5.74) is 1.76. The van der Waals surface area contributed by atoms with Gasteiger partial charge in [-0.15, -0.1) is 11.3 Å². The number of esters is 1. The number of aliphatic hydroxyl groups excluding tert-OH is 1. The Bertz CT molecular complexity index is 1710. The minimum absolute atomic E-state index is 0.00920. The van der Waals surface area contributed by atoms with Gasteiger partial charge in [0.15, 0.2) is 6.29 Å². The van der Waals surface area contributed by atoms with E-state index < -0.39 is 40.4 Å². The van der Waals surface area contributed by atoms with Gasteiger partial charge in [-0.1, -0.05) is 90.1 Å². The van der Waals surface area contributed by atoms with Crippen molar-refractivity contribution >= 4 is 37.5 Å². The molecule has 3 fully saturated rings. The van der Waals surface area contributed by atoms with Crippen LogP contribution in [0.4, 0.5) is 0 Å². The van der Waals surface area contributed by atoms with Gasteiger partial charge in [-0.25, -0.2) is 13.4 Å². The monoisotopic (exact) mass is 755 g/mol. The van der Waals surface area contributed by atoms with Gasteiger partial charge in [-0.3, -0.25) is 4.79 Å². The lowest BCUT2D eigenvalue weighted by atomic mass is 9.87. The molecule has 2 aliphatic heterocycles. The maximum Gasteiger partial charge on any atom is 0.306 e. The second-order valence-electron chi connectivity index (χ2n) is 15.9. The predicted octanol–water partition coefficient (Wildman–Crippen LogP) is 6.20. The predicted molar refractivity (Wildman–Crippen MR) is 203 cm³/mol. The summed E-state index contributed by atoms with van der Waals surface area (Å²) in [7, 11) is -3.98. The number of aliphatic hydroxyl groups is 1. The molecule has 286 valence electrons. The van der Waals surface area contributed by atoms with Crippen LogP contribution in [0.2, 0.25) is 0 Å². The van der Waals surface area contributed by atoms with Crippen molar-refractivity contribution in [3.8, 4) is 0 Å². The summed E-state index contributed by atoms with van der Waals surface area (Å²) < 4.78 is 48.6. The molecule has 0 bridgehead atoms. The first-order valence-corrected chi connectivity index (χ1v) is 21.5. The summed E-state index contributed by atoms with van der Waals surface area (Å²) in [6, 6.07) is 14.9. The number of aromatic nitrogens is 1. The van der Waals surface area contributed by atoms with Crippen LogP contribution in [0.15, 0.2) is 53.4 Å². The fraction of sp³-hybridized carbons (Fsp3) is 0.650. The van der Waals surface area contributed by atoms with E-state index in [4.69, 9.17) is 19.2 Å². The summed E-state index contributed by atoms with van der Waals surface area (Å²) in [6.07, 6.45) is 5.54. The summed E-state index contributed by atoms with van der Waals surface area (Å²) in [6.45, 7) is 9.84. The summed E-state index contributed by atoms with van der Waals surface area (Å²) in [4.78, 5) is 18.6. The van der Waals surface area contributed by atoms with Crippen LogP contribution >= 0.6 is 11.3 Å². The Morgan fingerprint density at radius 2 is 1.77 bits per heavy atom. The Hall–Kier alpha value is -2.45. The molecular formula is C40H57N3O7S2. The number of carbonyl (C=O) groups excluding carboxylic acids is 1. The first-order valence-electron chi connectivity index (χ1n) is 19.2. The van der Waals surface area contributed by atoms with Crippen LogP contribution < -0.4 is 5.32 Å². The number of sulfonamides is 1. The van der Waals surface area contributed by atoms with Crippen LogP contribution in [0.25, 0.3) is 10.2 Å². The zero-order valence-corrected chi connectivity index (χ0v) is 32.7. The van der Waals surface area contributed by atoms with Crippen molar-refractivity contribution < 1.29 is 32.5 Å². The fourth-order valence-electron chi connectivity index (χ4n) is 7.92. The fourth-order valence-corrected chi connectivity index (χ4v) is 10.8. The molecule has 3 aromatic rings. The number of thiazole rings is 1. The molecule has 0 amide bonds. The van der Waals surface area contributed by atoms with Crippen molar-refractivity contribution in [2.75, 3.05) is 32.8 Å². The van der Waals surface area contributed by atoms with E-state index in [1.807, 2.05) is 44.2 Å². The Morgan fingerprint density at radius 1 is 1.02 bits per heavy atom. The molecule has 0 radical (unpaired) electrons. The van der Waals surface area contributed by atoms with Gasteiger partial charge < -0.3 is 24.6 Å².